The van der Waals surface area contributed by atoms with Gasteiger partial charge in [-0.25, -0.2) is 0 Å². The number of ether oxygens (including phenoxy) is 1. The lowest BCUT2D eigenvalue weighted by Gasteiger charge is -2.09. The van der Waals surface area contributed by atoms with Gasteiger partial charge in [0.05, 0.1) is 6.61 Å². The van der Waals surface area contributed by atoms with Crippen LogP contribution in [0.25, 0.3) is 0 Å². The van der Waals surface area contributed by atoms with E-state index < -0.39 is 0 Å². The zero-order chi connectivity index (χ0) is 10.6. The molecule has 2 N–H and O–H groups in total. The summed E-state index contributed by atoms with van der Waals surface area (Å²) in [5, 5.41) is 18.5. The fourth-order valence-corrected chi connectivity index (χ4v) is 1.03. The summed E-state index contributed by atoms with van der Waals surface area (Å²) >= 11 is 0. The number of carbonyl (C=O) groups excluding carboxylic acids is 1. The smallest absolute Gasteiger partial charge is 0.129 e. The molecule has 0 aliphatic carbocycles. The molecule has 0 atom stereocenters. The second kappa shape index (κ2) is 4.50. The third-order valence-electron chi connectivity index (χ3n) is 1.81. The molecule has 0 unspecified atom stereocenters. The summed E-state index contributed by atoms with van der Waals surface area (Å²) < 4.78 is 5.19. The molecule has 4 nitrogen and oxygen atoms in total. The van der Waals surface area contributed by atoms with E-state index in [2.05, 4.69) is 0 Å². The first kappa shape index (κ1) is 10.4. The number of rotatable bonds is 4. The maximum atomic E-state index is 10.0. The molecule has 0 radical (unpaired) electrons. The SMILES string of the molecule is Cc1c(O)cc(O)cc1OCCC=O. The van der Waals surface area contributed by atoms with E-state index in [-0.39, 0.29) is 24.5 Å². The molecular formula is C10H12O4. The highest BCUT2D eigenvalue weighted by Crippen LogP contribution is 2.31. The first-order valence-corrected chi connectivity index (χ1v) is 4.24. The van der Waals surface area contributed by atoms with E-state index in [1.54, 1.807) is 6.92 Å². The van der Waals surface area contributed by atoms with Crippen LogP contribution in [-0.2, 0) is 4.79 Å². The van der Waals surface area contributed by atoms with Gasteiger partial charge in [0, 0.05) is 24.1 Å². The second-order valence-corrected chi connectivity index (χ2v) is 2.89. The van der Waals surface area contributed by atoms with E-state index in [9.17, 15) is 9.90 Å². The molecule has 0 saturated heterocycles. The van der Waals surface area contributed by atoms with Gasteiger partial charge in [0.2, 0.25) is 0 Å². The Morgan fingerprint density at radius 2 is 2.14 bits per heavy atom. The molecule has 1 rings (SSSR count). The molecule has 1 aromatic carbocycles. The van der Waals surface area contributed by atoms with Crippen LogP contribution in [0, 0.1) is 6.92 Å². The van der Waals surface area contributed by atoms with Crippen molar-refractivity contribution in [3.63, 3.8) is 0 Å². The zero-order valence-electron chi connectivity index (χ0n) is 7.86. The largest absolute Gasteiger partial charge is 0.508 e. The monoisotopic (exact) mass is 196 g/mol. The predicted molar refractivity (Wildman–Crippen MR) is 50.7 cm³/mol. The first-order chi connectivity index (χ1) is 6.65. The van der Waals surface area contributed by atoms with Gasteiger partial charge in [-0.15, -0.1) is 0 Å². The number of phenolic OH excluding ortho intramolecular Hbond substituents is 2. The van der Waals surface area contributed by atoms with Crippen LogP contribution in [0.1, 0.15) is 12.0 Å². The van der Waals surface area contributed by atoms with Crippen molar-refractivity contribution >= 4 is 6.29 Å². The van der Waals surface area contributed by atoms with Crippen LogP contribution in [0.3, 0.4) is 0 Å². The second-order valence-electron chi connectivity index (χ2n) is 2.89. The third kappa shape index (κ3) is 2.39. The fraction of sp³-hybridized carbons (Fsp3) is 0.300. The molecule has 0 aliphatic rings. The molecule has 0 aliphatic heterocycles. The molecule has 0 spiro atoms. The molecular weight excluding hydrogens is 184 g/mol. The van der Waals surface area contributed by atoms with Crippen LogP contribution in [0.4, 0.5) is 0 Å². The maximum Gasteiger partial charge on any atom is 0.129 e. The Balaban J connectivity index is 2.79. The van der Waals surface area contributed by atoms with E-state index in [0.29, 0.717) is 11.3 Å². The van der Waals surface area contributed by atoms with Crippen molar-refractivity contribution < 1.29 is 19.7 Å². The minimum absolute atomic E-state index is 0.0221. The summed E-state index contributed by atoms with van der Waals surface area (Å²) in [6.07, 6.45) is 1.04. The van der Waals surface area contributed by atoms with Crippen LogP contribution in [0.2, 0.25) is 0 Å². The Labute approximate surface area is 81.8 Å². The Morgan fingerprint density at radius 3 is 2.79 bits per heavy atom. The van der Waals surface area contributed by atoms with Crippen LogP contribution in [0.15, 0.2) is 12.1 Å². The van der Waals surface area contributed by atoms with Gasteiger partial charge in [0.15, 0.2) is 0 Å². The lowest BCUT2D eigenvalue weighted by molar-refractivity contribution is -0.108. The molecule has 0 amide bonds. The Bertz CT molecular complexity index is 333. The molecule has 0 saturated carbocycles. The van der Waals surface area contributed by atoms with Gasteiger partial charge >= 0.3 is 0 Å². The van der Waals surface area contributed by atoms with Gasteiger partial charge in [0.25, 0.3) is 0 Å². The van der Waals surface area contributed by atoms with Gasteiger partial charge in [-0.05, 0) is 6.92 Å². The Morgan fingerprint density at radius 1 is 1.43 bits per heavy atom. The standard InChI is InChI=1S/C10H12O4/c1-7-9(13)5-8(12)6-10(7)14-4-2-3-11/h3,5-6,12-13H,2,4H2,1H3. The Kier molecular flexibility index (Phi) is 3.34. The number of aromatic hydroxyl groups is 2. The van der Waals surface area contributed by atoms with E-state index in [1.165, 1.54) is 12.1 Å². The normalized spacial score (nSPS) is 9.79. The highest BCUT2D eigenvalue weighted by Gasteiger charge is 2.06. The molecule has 0 heterocycles. The third-order valence-corrected chi connectivity index (χ3v) is 1.81. The summed E-state index contributed by atoms with van der Waals surface area (Å²) in [5.41, 5.74) is 0.550. The van der Waals surface area contributed by atoms with Crippen LogP contribution < -0.4 is 4.74 Å². The quantitative estimate of drug-likeness (QED) is 0.563. The molecule has 0 bridgehead atoms. The highest BCUT2D eigenvalue weighted by atomic mass is 16.5. The summed E-state index contributed by atoms with van der Waals surface area (Å²) in [5.74, 6) is 0.310. The number of aldehydes is 1. The van der Waals surface area contributed by atoms with E-state index >= 15 is 0 Å². The predicted octanol–water partition coefficient (Wildman–Crippen LogP) is 1.37. The number of phenols is 2. The van der Waals surface area contributed by atoms with Crippen molar-refractivity contribution in [1.82, 2.24) is 0 Å². The van der Waals surface area contributed by atoms with E-state index in [0.717, 1.165) is 6.29 Å². The van der Waals surface area contributed by atoms with Gasteiger partial charge in [-0.3, -0.25) is 0 Å². The van der Waals surface area contributed by atoms with E-state index in [1.807, 2.05) is 0 Å². The van der Waals surface area contributed by atoms with Gasteiger partial charge in [0.1, 0.15) is 23.5 Å². The number of hydrogen-bond donors (Lipinski definition) is 2. The highest BCUT2D eigenvalue weighted by molar-refractivity contribution is 5.50. The topological polar surface area (TPSA) is 66.8 Å². The first-order valence-electron chi connectivity index (χ1n) is 4.24. The molecule has 0 fully saturated rings. The molecule has 14 heavy (non-hydrogen) atoms. The average molecular weight is 196 g/mol. The van der Waals surface area contributed by atoms with Crippen molar-refractivity contribution in [2.24, 2.45) is 0 Å². The molecule has 76 valence electrons. The molecule has 1 aromatic rings. The van der Waals surface area contributed by atoms with Crippen molar-refractivity contribution in [3.8, 4) is 17.2 Å². The lowest BCUT2D eigenvalue weighted by Crippen LogP contribution is -1.99. The van der Waals surface area contributed by atoms with Crippen LogP contribution in [0.5, 0.6) is 17.2 Å². The minimum atomic E-state index is -0.0609. The van der Waals surface area contributed by atoms with Crippen molar-refractivity contribution in [3.05, 3.63) is 17.7 Å². The fourth-order valence-electron chi connectivity index (χ4n) is 1.03. The average Bonchev–Trinajstić information content (AvgIpc) is 2.13. The van der Waals surface area contributed by atoms with Gasteiger partial charge in [-0.1, -0.05) is 0 Å². The summed E-state index contributed by atoms with van der Waals surface area (Å²) in [6, 6.07) is 2.64. The van der Waals surface area contributed by atoms with Crippen LogP contribution >= 0.6 is 0 Å². The minimum Gasteiger partial charge on any atom is -0.508 e. The number of benzene rings is 1. The Hall–Kier alpha value is -1.71. The zero-order valence-corrected chi connectivity index (χ0v) is 7.86. The number of hydrogen-bond acceptors (Lipinski definition) is 4. The summed E-state index contributed by atoms with van der Waals surface area (Å²) in [6.45, 7) is 1.91. The summed E-state index contributed by atoms with van der Waals surface area (Å²) in [7, 11) is 0. The van der Waals surface area contributed by atoms with E-state index in [4.69, 9.17) is 9.84 Å². The lowest BCUT2D eigenvalue weighted by atomic mass is 10.2. The molecule has 4 heteroatoms. The maximum absolute atomic E-state index is 10.0. The van der Waals surface area contributed by atoms with Crippen molar-refractivity contribution in [2.45, 2.75) is 13.3 Å². The molecule has 0 aromatic heterocycles. The van der Waals surface area contributed by atoms with Crippen molar-refractivity contribution in [1.29, 1.82) is 0 Å². The summed E-state index contributed by atoms with van der Waals surface area (Å²) in [4.78, 5) is 10.0. The van der Waals surface area contributed by atoms with Gasteiger partial charge < -0.3 is 19.7 Å². The van der Waals surface area contributed by atoms with Crippen LogP contribution in [-0.4, -0.2) is 23.1 Å². The number of carbonyl (C=O) groups is 1. The van der Waals surface area contributed by atoms with Crippen molar-refractivity contribution in [2.75, 3.05) is 6.61 Å². The van der Waals surface area contributed by atoms with Gasteiger partial charge in [-0.2, -0.15) is 0 Å².